The Morgan fingerprint density at radius 3 is 2.27 bits per heavy atom. The highest BCUT2D eigenvalue weighted by molar-refractivity contribution is 5.77. The Kier molecular flexibility index (Phi) is 4.95. The highest BCUT2D eigenvalue weighted by Crippen LogP contribution is 2.08. The molecule has 22 heavy (non-hydrogen) atoms. The topological polar surface area (TPSA) is 86.4 Å². The molecule has 2 amide bonds. The molecule has 2 heterocycles. The van der Waals surface area contributed by atoms with Gasteiger partial charge in [0.15, 0.2) is 0 Å². The second-order valence-electron chi connectivity index (χ2n) is 5.60. The number of amides is 2. The molecule has 7 heteroatoms. The molecule has 0 bridgehead atoms. The predicted octanol–water partition coefficient (Wildman–Crippen LogP) is 0.0100. The minimum absolute atomic E-state index is 0.0163. The summed E-state index contributed by atoms with van der Waals surface area (Å²) in [5, 5.41) is 0. The molecule has 0 aromatic carbocycles. The molecule has 0 radical (unpaired) electrons. The van der Waals surface area contributed by atoms with Gasteiger partial charge in [0.1, 0.15) is 5.82 Å². The number of carbonyl (C=O) groups is 2. The van der Waals surface area contributed by atoms with Crippen LogP contribution in [0.4, 0.5) is 0 Å². The first kappa shape index (κ1) is 16.2. The van der Waals surface area contributed by atoms with Crippen molar-refractivity contribution in [2.24, 2.45) is 0 Å². The molecule has 0 atom stereocenters. The Labute approximate surface area is 129 Å². The number of nitrogens with one attached hydrogen (secondary N) is 1. The lowest BCUT2D eigenvalue weighted by Gasteiger charge is -2.34. The monoisotopic (exact) mass is 306 g/mol. The first-order valence-corrected chi connectivity index (χ1v) is 7.48. The number of H-pyrrole nitrogens is 1. The van der Waals surface area contributed by atoms with Gasteiger partial charge in [-0.2, -0.15) is 0 Å². The maximum Gasteiger partial charge on any atom is 0.254 e. The molecule has 1 aliphatic rings. The molecule has 0 unspecified atom stereocenters. The smallest absolute Gasteiger partial charge is 0.254 e. The van der Waals surface area contributed by atoms with E-state index in [1.54, 1.807) is 23.6 Å². The van der Waals surface area contributed by atoms with E-state index in [1.807, 2.05) is 0 Å². The minimum atomic E-state index is -0.167. The van der Waals surface area contributed by atoms with Crippen LogP contribution < -0.4 is 5.56 Å². The zero-order valence-electron chi connectivity index (χ0n) is 13.3. The summed E-state index contributed by atoms with van der Waals surface area (Å²) in [7, 11) is 0. The van der Waals surface area contributed by atoms with Crippen LogP contribution in [-0.4, -0.2) is 57.8 Å². The molecular weight excluding hydrogens is 284 g/mol. The standard InChI is InChI=1S/C15H22N4O3/c1-10-13(15(22)17-11(2)16-10)4-5-14(21)19-8-6-18(7-9-19)12(3)20/h4-9H2,1-3H3,(H,16,17,22). The molecule has 7 nitrogen and oxygen atoms in total. The van der Waals surface area contributed by atoms with Gasteiger partial charge >= 0.3 is 0 Å². The number of rotatable bonds is 3. The Balaban J connectivity index is 1.92. The normalized spacial score (nSPS) is 15.0. The number of hydrogen-bond acceptors (Lipinski definition) is 4. The summed E-state index contributed by atoms with van der Waals surface area (Å²) in [4.78, 5) is 45.8. The molecule has 1 saturated heterocycles. The number of aromatic nitrogens is 2. The maximum atomic E-state index is 12.2. The van der Waals surface area contributed by atoms with Crippen LogP contribution in [0.25, 0.3) is 0 Å². The average molecular weight is 306 g/mol. The van der Waals surface area contributed by atoms with E-state index in [0.717, 1.165) is 0 Å². The van der Waals surface area contributed by atoms with Crippen molar-refractivity contribution in [3.05, 3.63) is 27.4 Å². The molecule has 1 aromatic rings. The Bertz CT molecular complexity index is 630. The van der Waals surface area contributed by atoms with Crippen molar-refractivity contribution in [3.63, 3.8) is 0 Å². The van der Waals surface area contributed by atoms with Gasteiger partial charge in [-0.1, -0.05) is 0 Å². The Hall–Kier alpha value is -2.18. The van der Waals surface area contributed by atoms with Gasteiger partial charge in [0.05, 0.1) is 0 Å². The summed E-state index contributed by atoms with van der Waals surface area (Å²) >= 11 is 0. The van der Waals surface area contributed by atoms with E-state index in [9.17, 15) is 14.4 Å². The summed E-state index contributed by atoms with van der Waals surface area (Å²) in [5.41, 5.74) is 1.08. The van der Waals surface area contributed by atoms with E-state index >= 15 is 0 Å². The van der Waals surface area contributed by atoms with E-state index in [-0.39, 0.29) is 23.8 Å². The largest absolute Gasteiger partial charge is 0.339 e. The minimum Gasteiger partial charge on any atom is -0.339 e. The first-order chi connectivity index (χ1) is 10.4. The van der Waals surface area contributed by atoms with Gasteiger partial charge in [-0.05, 0) is 20.3 Å². The number of piperazine rings is 1. The lowest BCUT2D eigenvalue weighted by Crippen LogP contribution is -2.50. The molecule has 120 valence electrons. The first-order valence-electron chi connectivity index (χ1n) is 7.48. The predicted molar refractivity (Wildman–Crippen MR) is 81.5 cm³/mol. The van der Waals surface area contributed by atoms with Crippen LogP contribution in [0.2, 0.25) is 0 Å². The van der Waals surface area contributed by atoms with Crippen molar-refractivity contribution in [1.29, 1.82) is 0 Å². The molecule has 0 aliphatic carbocycles. The van der Waals surface area contributed by atoms with E-state index in [0.29, 0.717) is 49.7 Å². The van der Waals surface area contributed by atoms with Gasteiger partial charge in [-0.15, -0.1) is 0 Å². The van der Waals surface area contributed by atoms with Crippen LogP contribution >= 0.6 is 0 Å². The number of aromatic amines is 1. The maximum absolute atomic E-state index is 12.2. The third-order valence-corrected chi connectivity index (χ3v) is 4.01. The summed E-state index contributed by atoms with van der Waals surface area (Å²) in [6.07, 6.45) is 0.676. The fourth-order valence-electron chi connectivity index (χ4n) is 2.71. The van der Waals surface area contributed by atoms with Gasteiger partial charge in [0, 0.05) is 50.8 Å². The van der Waals surface area contributed by atoms with Gasteiger partial charge in [0.25, 0.3) is 5.56 Å². The fraction of sp³-hybridized carbons (Fsp3) is 0.600. The van der Waals surface area contributed by atoms with Crippen molar-refractivity contribution in [2.45, 2.75) is 33.6 Å². The van der Waals surface area contributed by atoms with E-state index in [1.165, 1.54) is 6.92 Å². The highest BCUT2D eigenvalue weighted by Gasteiger charge is 2.22. The second kappa shape index (κ2) is 6.72. The van der Waals surface area contributed by atoms with Crippen LogP contribution in [0, 0.1) is 13.8 Å². The number of hydrogen-bond donors (Lipinski definition) is 1. The zero-order valence-corrected chi connectivity index (χ0v) is 13.3. The molecule has 2 rings (SSSR count). The highest BCUT2D eigenvalue weighted by atomic mass is 16.2. The third-order valence-electron chi connectivity index (χ3n) is 4.01. The van der Waals surface area contributed by atoms with Gasteiger partial charge in [-0.3, -0.25) is 14.4 Å². The van der Waals surface area contributed by atoms with E-state index in [4.69, 9.17) is 0 Å². The molecule has 1 aromatic heterocycles. The third kappa shape index (κ3) is 3.72. The Morgan fingerprint density at radius 1 is 1.14 bits per heavy atom. The Morgan fingerprint density at radius 2 is 1.73 bits per heavy atom. The summed E-state index contributed by atoms with van der Waals surface area (Å²) in [6, 6.07) is 0. The number of aryl methyl sites for hydroxylation is 2. The van der Waals surface area contributed by atoms with E-state index < -0.39 is 0 Å². The van der Waals surface area contributed by atoms with Crippen LogP contribution in [0.15, 0.2) is 4.79 Å². The second-order valence-corrected chi connectivity index (χ2v) is 5.60. The molecule has 1 aliphatic heterocycles. The van der Waals surface area contributed by atoms with E-state index in [2.05, 4.69) is 9.97 Å². The quantitative estimate of drug-likeness (QED) is 0.852. The van der Waals surface area contributed by atoms with Crippen molar-refractivity contribution in [2.75, 3.05) is 26.2 Å². The van der Waals surface area contributed by atoms with Crippen molar-refractivity contribution in [3.8, 4) is 0 Å². The average Bonchev–Trinajstić information content (AvgIpc) is 2.46. The summed E-state index contributed by atoms with van der Waals surface area (Å²) in [6.45, 7) is 7.32. The van der Waals surface area contributed by atoms with Crippen molar-refractivity contribution in [1.82, 2.24) is 19.8 Å². The molecule has 1 N–H and O–H groups in total. The lowest BCUT2D eigenvalue weighted by atomic mass is 10.1. The SMILES string of the molecule is CC(=O)N1CCN(C(=O)CCc2c(C)nc(C)[nH]c2=O)CC1. The summed E-state index contributed by atoms with van der Waals surface area (Å²) in [5.74, 6) is 0.639. The van der Waals surface area contributed by atoms with Gasteiger partial charge < -0.3 is 14.8 Å². The van der Waals surface area contributed by atoms with Crippen LogP contribution in [0.3, 0.4) is 0 Å². The number of carbonyl (C=O) groups excluding carboxylic acids is 2. The van der Waals surface area contributed by atoms with Gasteiger partial charge in [0.2, 0.25) is 11.8 Å². The molecule has 0 spiro atoms. The molecule has 0 saturated carbocycles. The van der Waals surface area contributed by atoms with Gasteiger partial charge in [-0.25, -0.2) is 4.98 Å². The summed E-state index contributed by atoms with van der Waals surface area (Å²) < 4.78 is 0. The fourth-order valence-corrected chi connectivity index (χ4v) is 2.71. The van der Waals surface area contributed by atoms with Crippen LogP contribution in [-0.2, 0) is 16.0 Å². The van der Waals surface area contributed by atoms with Crippen molar-refractivity contribution < 1.29 is 9.59 Å². The molecular formula is C15H22N4O3. The zero-order chi connectivity index (χ0) is 16.3. The lowest BCUT2D eigenvalue weighted by molar-refractivity contribution is -0.138. The van der Waals surface area contributed by atoms with Crippen molar-refractivity contribution >= 4 is 11.8 Å². The van der Waals surface area contributed by atoms with Crippen LogP contribution in [0.1, 0.15) is 30.4 Å². The number of nitrogens with zero attached hydrogens (tertiary/aromatic N) is 3. The molecule has 1 fully saturated rings. The van der Waals surface area contributed by atoms with Crippen LogP contribution in [0.5, 0.6) is 0 Å².